The summed E-state index contributed by atoms with van der Waals surface area (Å²) in [6, 6.07) is 23.0. The minimum absolute atomic E-state index is 0.0331. The van der Waals surface area contributed by atoms with E-state index in [9.17, 15) is 42.6 Å². The highest BCUT2D eigenvalue weighted by Crippen LogP contribution is 2.32. The summed E-state index contributed by atoms with van der Waals surface area (Å²) >= 11 is 1.56. The number of nitrogens with zero attached hydrogens (tertiary/aromatic N) is 6. The molecule has 6 aromatic rings. The van der Waals surface area contributed by atoms with Crippen molar-refractivity contribution in [3.05, 3.63) is 130 Å². The number of hydrogen-bond donors (Lipinski definition) is 5. The average Bonchev–Trinajstić information content (AvgIpc) is 4.14. The molecule has 17 nitrogen and oxygen atoms in total. The third-order valence-corrected chi connectivity index (χ3v) is 14.5. The highest BCUT2D eigenvalue weighted by Gasteiger charge is 2.44. The maximum atomic E-state index is 14.0. The Bertz CT molecular complexity index is 2970. The van der Waals surface area contributed by atoms with Crippen molar-refractivity contribution in [2.45, 2.75) is 78.2 Å². The number of halogens is 3. The molecule has 2 aliphatic rings. The summed E-state index contributed by atoms with van der Waals surface area (Å²) in [7, 11) is 0. The number of aromatic nitrogens is 3. The van der Waals surface area contributed by atoms with Crippen molar-refractivity contribution in [1.29, 1.82) is 0 Å². The fraction of sp³-hybridized carbons (Fsp3) is 0.418. The van der Waals surface area contributed by atoms with Crippen LogP contribution in [0.15, 0.2) is 96.5 Å². The van der Waals surface area contributed by atoms with Gasteiger partial charge in [0.15, 0.2) is 0 Å². The second-order valence-corrected chi connectivity index (χ2v) is 21.0. The van der Waals surface area contributed by atoms with Crippen molar-refractivity contribution in [3.63, 3.8) is 0 Å². The summed E-state index contributed by atoms with van der Waals surface area (Å²) < 4.78 is 53.5. The van der Waals surface area contributed by atoms with Crippen LogP contribution in [-0.4, -0.2) is 147 Å². The van der Waals surface area contributed by atoms with Crippen LogP contribution in [0.1, 0.15) is 65.5 Å². The van der Waals surface area contributed by atoms with E-state index in [1.54, 1.807) is 45.7 Å². The third kappa shape index (κ3) is 14.1. The van der Waals surface area contributed by atoms with E-state index in [1.165, 1.54) is 17.0 Å². The molecule has 0 aliphatic carbocycles. The van der Waals surface area contributed by atoms with Gasteiger partial charge in [0.1, 0.15) is 18.7 Å². The number of rotatable bonds is 20. The van der Waals surface area contributed by atoms with E-state index in [2.05, 4.69) is 30.7 Å². The van der Waals surface area contributed by atoms with Crippen molar-refractivity contribution in [1.82, 2.24) is 39.9 Å². The summed E-state index contributed by atoms with van der Waals surface area (Å²) in [4.78, 5) is 70.1. The maximum Gasteiger partial charge on any atom is 0.416 e. The van der Waals surface area contributed by atoms with Crippen LogP contribution < -0.4 is 16.0 Å². The van der Waals surface area contributed by atoms with E-state index >= 15 is 0 Å². The first-order valence-electron chi connectivity index (χ1n) is 25.2. The second-order valence-electron chi connectivity index (χ2n) is 20.2. The number of piperazine rings is 1. The number of aliphatic hydroxyl groups excluding tert-OH is 2. The highest BCUT2D eigenvalue weighted by atomic mass is 32.1. The number of alkyl halides is 3. The minimum Gasteiger partial charge on any atom is -0.392 e. The number of ether oxygens (including phenoxy) is 2. The number of carbonyl (C=O) groups is 4. The second kappa shape index (κ2) is 24.6. The lowest BCUT2D eigenvalue weighted by atomic mass is 9.85. The molecule has 0 unspecified atom stereocenters. The van der Waals surface area contributed by atoms with Crippen molar-refractivity contribution in [2.75, 3.05) is 71.0 Å². The molecular formula is C55H64F3N9O8S. The molecule has 2 saturated heterocycles. The number of aliphatic hydroxyl groups is 2. The minimum atomic E-state index is -4.61. The summed E-state index contributed by atoms with van der Waals surface area (Å²) in [6.45, 7) is 12.6. The topological polar surface area (TPSA) is 204 Å². The van der Waals surface area contributed by atoms with Crippen LogP contribution in [-0.2, 0) is 49.7 Å². The first kappa shape index (κ1) is 55.6. The molecule has 404 valence electrons. The van der Waals surface area contributed by atoms with E-state index in [0.717, 1.165) is 65.6 Å². The number of carbonyl (C=O) groups excluding carboxylic acids is 4. The number of benzene rings is 4. The van der Waals surface area contributed by atoms with Gasteiger partial charge in [-0.1, -0.05) is 69.3 Å². The van der Waals surface area contributed by atoms with Crippen LogP contribution in [0.5, 0.6) is 0 Å². The molecular weight excluding hydrogens is 1000 g/mol. The lowest BCUT2D eigenvalue weighted by molar-refractivity contribution is -0.144. The van der Waals surface area contributed by atoms with Crippen molar-refractivity contribution in [3.8, 4) is 16.1 Å². The summed E-state index contributed by atoms with van der Waals surface area (Å²) in [5, 5.41) is 28.6. The predicted octanol–water partition coefficient (Wildman–Crippen LogP) is 6.18. The maximum absolute atomic E-state index is 14.0. The van der Waals surface area contributed by atoms with Gasteiger partial charge in [0.05, 0.1) is 65.2 Å². The summed E-state index contributed by atoms with van der Waals surface area (Å²) in [5.41, 5.74) is 6.43. The Hall–Kier alpha value is -6.59. The van der Waals surface area contributed by atoms with Crippen LogP contribution in [0.2, 0.25) is 0 Å². The number of likely N-dealkylation sites (tertiary alicyclic amines) is 1. The van der Waals surface area contributed by atoms with E-state index in [4.69, 9.17) is 14.5 Å². The largest absolute Gasteiger partial charge is 0.416 e. The number of aryl methyl sites for hydroxylation is 1. The lowest BCUT2D eigenvalue weighted by Gasteiger charge is -2.35. The molecule has 21 heteroatoms. The predicted molar refractivity (Wildman–Crippen MR) is 281 cm³/mol. The molecule has 76 heavy (non-hydrogen) atoms. The fourth-order valence-electron chi connectivity index (χ4n) is 9.32. The molecule has 0 spiro atoms. The number of hydrogen-bond acceptors (Lipinski definition) is 13. The van der Waals surface area contributed by atoms with Gasteiger partial charge in [-0.3, -0.25) is 38.9 Å². The van der Waals surface area contributed by atoms with Crippen molar-refractivity contribution in [2.24, 2.45) is 5.41 Å². The molecule has 0 saturated carbocycles. The van der Waals surface area contributed by atoms with Gasteiger partial charge in [-0.2, -0.15) is 13.2 Å². The van der Waals surface area contributed by atoms with Crippen molar-refractivity contribution < 1.29 is 52.0 Å². The SMILES string of the molecule is Cc1ncsc1-c1ccc(CNC(=O)[C@@H]2C[C@@H](O)CN2C(=O)[C@@H](NC(=O)COCCOCCN2CCN(Cc3ccc4c(c3)nc(NC(=O)c3cccc(C(F)(F)F)c3)n4-c3ccc(CO)cc3)CC2)C(C)(C)C)cc1. The Kier molecular flexibility index (Phi) is 18.0. The summed E-state index contributed by atoms with van der Waals surface area (Å²) in [6.07, 6.45) is -5.42. The molecule has 4 heterocycles. The zero-order valence-electron chi connectivity index (χ0n) is 42.9. The van der Waals surface area contributed by atoms with E-state index in [0.29, 0.717) is 42.0 Å². The molecule has 2 aromatic heterocycles. The standard InChI is InChI=1S/C55H64F3N9O8S/c1-35-48(76-34-60-35)39-13-8-36(9-14-39)29-59-51(72)46-28-43(69)31-66(46)52(73)49(54(2,3)4)62-47(70)33-75-25-24-74-23-22-64-18-20-65(21-19-64)30-38-12-17-45-44(26-38)61-53(67(45)42-15-10-37(32-68)11-16-42)63-50(71)40-6-5-7-41(27-40)55(56,57)58/h5-17,26-27,34,43,46,49,68-69H,18-25,28-33H2,1-4H3,(H,59,72)(H,62,70)(H,61,63,71)/t43-,46+,49-/m1/s1. The number of β-amino-alcohol motifs (C(OH)–C–C–N with tert-alkyl or cyclic N) is 1. The number of anilines is 1. The van der Waals surface area contributed by atoms with Gasteiger partial charge in [-0.05, 0) is 77.1 Å². The zero-order valence-corrected chi connectivity index (χ0v) is 43.8. The number of thiazole rings is 1. The van der Waals surface area contributed by atoms with Crippen LogP contribution in [0, 0.1) is 12.3 Å². The molecule has 0 radical (unpaired) electrons. The van der Waals surface area contributed by atoms with E-state index in [-0.39, 0.29) is 63.4 Å². The highest BCUT2D eigenvalue weighted by molar-refractivity contribution is 7.13. The van der Waals surface area contributed by atoms with Gasteiger partial charge in [0, 0.05) is 70.0 Å². The van der Waals surface area contributed by atoms with Crippen LogP contribution in [0.25, 0.3) is 27.2 Å². The van der Waals surface area contributed by atoms with Gasteiger partial charge in [0.25, 0.3) is 5.91 Å². The third-order valence-electron chi connectivity index (χ3n) is 13.5. The monoisotopic (exact) mass is 1070 g/mol. The van der Waals surface area contributed by atoms with Gasteiger partial charge in [-0.25, -0.2) is 9.97 Å². The number of imidazole rings is 1. The van der Waals surface area contributed by atoms with Gasteiger partial charge in [0.2, 0.25) is 23.7 Å². The van der Waals surface area contributed by atoms with Crippen LogP contribution in [0.3, 0.4) is 0 Å². The number of amides is 4. The van der Waals surface area contributed by atoms with Crippen molar-refractivity contribution >= 4 is 51.9 Å². The first-order chi connectivity index (χ1) is 36.3. The van der Waals surface area contributed by atoms with Crippen LogP contribution >= 0.6 is 11.3 Å². The number of nitrogens with one attached hydrogen (secondary N) is 3. The summed E-state index contributed by atoms with van der Waals surface area (Å²) in [5.74, 6) is -1.95. The molecule has 2 aliphatic heterocycles. The Morgan fingerprint density at radius 3 is 2.24 bits per heavy atom. The molecule has 3 atom stereocenters. The fourth-order valence-corrected chi connectivity index (χ4v) is 10.1. The Labute approximate surface area is 443 Å². The molecule has 4 aromatic carbocycles. The van der Waals surface area contributed by atoms with Crippen LogP contribution in [0.4, 0.5) is 19.1 Å². The average molecular weight is 1070 g/mol. The Morgan fingerprint density at radius 2 is 1.55 bits per heavy atom. The normalized spacial score (nSPS) is 17.0. The number of fused-ring (bicyclic) bond motifs is 1. The molecule has 0 bridgehead atoms. The zero-order chi connectivity index (χ0) is 54.1. The molecule has 4 amide bonds. The quantitative estimate of drug-likeness (QED) is 0.0545. The van der Waals surface area contributed by atoms with E-state index in [1.807, 2.05) is 70.2 Å². The lowest BCUT2D eigenvalue weighted by Crippen LogP contribution is -2.58. The Morgan fingerprint density at radius 1 is 0.855 bits per heavy atom. The molecule has 8 rings (SSSR count). The smallest absolute Gasteiger partial charge is 0.392 e. The molecule has 2 fully saturated rings. The van der Waals surface area contributed by atoms with Gasteiger partial charge >= 0.3 is 6.18 Å². The van der Waals surface area contributed by atoms with E-state index < -0.39 is 53.1 Å². The van der Waals surface area contributed by atoms with Gasteiger partial charge in [-0.15, -0.1) is 11.3 Å². The molecule has 5 N–H and O–H groups in total. The van der Waals surface area contributed by atoms with Gasteiger partial charge < -0.3 is 35.2 Å². The Balaban J connectivity index is 0.756. The first-order valence-corrected chi connectivity index (χ1v) is 26.1.